The Morgan fingerprint density at radius 1 is 0.840 bits per heavy atom. The van der Waals surface area contributed by atoms with Gasteiger partial charge < -0.3 is 9.16 Å². The van der Waals surface area contributed by atoms with Gasteiger partial charge >= 0.3 is 5.97 Å². The molecule has 1 aromatic rings. The van der Waals surface area contributed by atoms with Crippen LogP contribution in [0.4, 0.5) is 0 Å². The molecule has 0 saturated carbocycles. The summed E-state index contributed by atoms with van der Waals surface area (Å²) >= 11 is 0. The molecule has 0 aromatic heterocycles. The van der Waals surface area contributed by atoms with E-state index in [1.165, 1.54) is 12.7 Å². The molecule has 0 spiro atoms. The fourth-order valence-corrected chi connectivity index (χ4v) is 4.84. The molecule has 25 heavy (non-hydrogen) atoms. The highest BCUT2D eigenvalue weighted by molar-refractivity contribution is 6.72. The molecule has 0 radical (unpaired) electrons. The van der Waals surface area contributed by atoms with Gasteiger partial charge in [0.05, 0.1) is 7.11 Å². The van der Waals surface area contributed by atoms with E-state index >= 15 is 0 Å². The van der Waals surface area contributed by atoms with E-state index in [4.69, 9.17) is 4.43 Å². The van der Waals surface area contributed by atoms with Crippen molar-refractivity contribution in [3.8, 4) is 0 Å². The Morgan fingerprint density at radius 3 is 1.92 bits per heavy atom. The van der Waals surface area contributed by atoms with Gasteiger partial charge in [0.2, 0.25) is 0 Å². The minimum Gasteiger partial charge on any atom is -0.519 e. The molecule has 1 rings (SSSR count). The van der Waals surface area contributed by atoms with Gasteiger partial charge in [-0.25, -0.2) is 0 Å². The second-order valence-corrected chi connectivity index (χ2v) is 11.2. The second-order valence-electron chi connectivity index (χ2n) is 7.09. The largest absolute Gasteiger partial charge is 0.519 e. The number of unbranched alkanes of at least 4 members (excludes halogenated alkanes) is 5. The number of carbonyl (C=O) groups is 2. The van der Waals surface area contributed by atoms with Crippen molar-refractivity contribution >= 4 is 20.3 Å². The molecule has 0 N–H and O–H groups in total. The quantitative estimate of drug-likeness (QED) is 0.303. The SMILES string of the molecule is COC(=O)CCCCCCCCC(=O)O[Si](C)(C)Cc1ccccc1. The number of hydrogen-bond acceptors (Lipinski definition) is 4. The van der Waals surface area contributed by atoms with Gasteiger partial charge in [-0.15, -0.1) is 0 Å². The van der Waals surface area contributed by atoms with Crippen LogP contribution in [0.2, 0.25) is 13.1 Å². The first-order valence-corrected chi connectivity index (χ1v) is 12.4. The van der Waals surface area contributed by atoms with Crippen LogP contribution in [0, 0.1) is 0 Å². The van der Waals surface area contributed by atoms with Crippen LogP contribution in [-0.2, 0) is 24.8 Å². The van der Waals surface area contributed by atoms with Gasteiger partial charge in [-0.2, -0.15) is 0 Å². The molecule has 0 heterocycles. The van der Waals surface area contributed by atoms with Crippen LogP contribution in [0.25, 0.3) is 0 Å². The Morgan fingerprint density at radius 2 is 1.36 bits per heavy atom. The molecule has 0 unspecified atom stereocenters. The number of methoxy groups -OCH3 is 1. The summed E-state index contributed by atoms with van der Waals surface area (Å²) in [6.07, 6.45) is 7.04. The van der Waals surface area contributed by atoms with E-state index in [9.17, 15) is 9.59 Å². The van der Waals surface area contributed by atoms with Crippen LogP contribution < -0.4 is 0 Å². The number of rotatable bonds is 12. The van der Waals surface area contributed by atoms with Gasteiger partial charge in [0.25, 0.3) is 14.3 Å². The summed E-state index contributed by atoms with van der Waals surface area (Å²) < 4.78 is 10.4. The fourth-order valence-electron chi connectivity index (χ4n) is 2.83. The number of carbonyl (C=O) groups excluding carboxylic acids is 2. The summed E-state index contributed by atoms with van der Waals surface area (Å²) in [5.74, 6) is -0.191. The lowest BCUT2D eigenvalue weighted by molar-refractivity contribution is -0.140. The van der Waals surface area contributed by atoms with Crippen LogP contribution >= 0.6 is 0 Å². The van der Waals surface area contributed by atoms with Crippen molar-refractivity contribution in [2.24, 2.45) is 0 Å². The van der Waals surface area contributed by atoms with E-state index in [0.717, 1.165) is 44.6 Å². The van der Waals surface area contributed by atoms with E-state index < -0.39 is 8.32 Å². The molecule has 0 atom stereocenters. The van der Waals surface area contributed by atoms with Gasteiger partial charge in [-0.05, 0) is 31.5 Å². The maximum absolute atomic E-state index is 12.1. The van der Waals surface area contributed by atoms with Crippen molar-refractivity contribution < 1.29 is 18.8 Å². The van der Waals surface area contributed by atoms with E-state index in [1.807, 2.05) is 18.2 Å². The van der Waals surface area contributed by atoms with Crippen LogP contribution in [0.15, 0.2) is 30.3 Å². The highest BCUT2D eigenvalue weighted by Crippen LogP contribution is 2.15. The number of benzene rings is 1. The lowest BCUT2D eigenvalue weighted by atomic mass is 10.1. The van der Waals surface area contributed by atoms with Gasteiger partial charge in [-0.3, -0.25) is 9.59 Å². The van der Waals surface area contributed by atoms with Crippen molar-refractivity contribution in [2.75, 3.05) is 7.11 Å². The topological polar surface area (TPSA) is 52.6 Å². The van der Waals surface area contributed by atoms with Crippen molar-refractivity contribution in [1.29, 1.82) is 0 Å². The summed E-state index contributed by atoms with van der Waals surface area (Å²) in [5.41, 5.74) is 1.24. The minimum absolute atomic E-state index is 0.0571. The van der Waals surface area contributed by atoms with Crippen LogP contribution in [0.3, 0.4) is 0 Å². The molecular formula is C20H32O4Si. The Kier molecular flexibility index (Phi) is 10.2. The van der Waals surface area contributed by atoms with Crippen LogP contribution in [-0.4, -0.2) is 27.4 Å². The van der Waals surface area contributed by atoms with Crippen molar-refractivity contribution in [2.45, 2.75) is 70.5 Å². The first-order chi connectivity index (χ1) is 11.9. The summed E-state index contributed by atoms with van der Waals surface area (Å²) in [6, 6.07) is 11.1. The molecule has 140 valence electrons. The average molecular weight is 365 g/mol. The first kappa shape index (κ1) is 21.4. The third kappa shape index (κ3) is 10.8. The summed E-state index contributed by atoms with van der Waals surface area (Å²) in [4.78, 5) is 23.0. The monoisotopic (exact) mass is 364 g/mol. The van der Waals surface area contributed by atoms with Crippen LogP contribution in [0.1, 0.15) is 56.9 Å². The zero-order valence-electron chi connectivity index (χ0n) is 15.9. The third-order valence-electron chi connectivity index (χ3n) is 4.10. The van der Waals surface area contributed by atoms with Gasteiger partial charge in [0, 0.05) is 18.9 Å². The van der Waals surface area contributed by atoms with Gasteiger partial charge in [-0.1, -0.05) is 56.0 Å². The fraction of sp³-hybridized carbons (Fsp3) is 0.600. The van der Waals surface area contributed by atoms with E-state index in [0.29, 0.717) is 12.8 Å². The molecule has 0 aliphatic heterocycles. The molecule has 0 amide bonds. The van der Waals surface area contributed by atoms with E-state index in [2.05, 4.69) is 30.0 Å². The zero-order valence-corrected chi connectivity index (χ0v) is 16.9. The summed E-state index contributed by atoms with van der Waals surface area (Å²) in [5, 5.41) is 0. The Bertz CT molecular complexity index is 514. The second kappa shape index (κ2) is 11.8. The molecular weight excluding hydrogens is 332 g/mol. The number of esters is 1. The molecule has 0 saturated heterocycles. The standard InChI is InChI=1S/C20H32O4Si/c1-23-19(21)15-11-6-4-5-7-12-16-20(22)24-25(2,3)17-18-13-9-8-10-14-18/h8-10,13-14H,4-7,11-12,15-17H2,1-3H3. The molecule has 0 aliphatic carbocycles. The number of ether oxygens (including phenoxy) is 1. The molecule has 0 aliphatic rings. The lowest BCUT2D eigenvalue weighted by Crippen LogP contribution is -2.36. The minimum atomic E-state index is -2.00. The van der Waals surface area contributed by atoms with Crippen molar-refractivity contribution in [1.82, 2.24) is 0 Å². The maximum atomic E-state index is 12.1. The maximum Gasteiger partial charge on any atom is 0.305 e. The molecule has 0 fully saturated rings. The zero-order chi connectivity index (χ0) is 18.5. The molecule has 0 bridgehead atoms. The number of hydrogen-bond donors (Lipinski definition) is 0. The predicted molar refractivity (Wildman–Crippen MR) is 103 cm³/mol. The normalized spacial score (nSPS) is 11.2. The van der Waals surface area contributed by atoms with Crippen LogP contribution in [0.5, 0.6) is 0 Å². The third-order valence-corrected chi connectivity index (χ3v) is 6.14. The highest BCUT2D eigenvalue weighted by atomic mass is 28.4. The average Bonchev–Trinajstić information content (AvgIpc) is 2.56. The van der Waals surface area contributed by atoms with Gasteiger partial charge in [0.1, 0.15) is 0 Å². The Hall–Kier alpha value is -1.62. The van der Waals surface area contributed by atoms with Crippen molar-refractivity contribution in [3.05, 3.63) is 35.9 Å². The molecule has 5 heteroatoms. The summed E-state index contributed by atoms with van der Waals surface area (Å²) in [7, 11) is -0.579. The Labute approximate surface area is 153 Å². The Balaban J connectivity index is 2.09. The molecule has 4 nitrogen and oxygen atoms in total. The van der Waals surface area contributed by atoms with E-state index in [1.54, 1.807) is 0 Å². The smallest absolute Gasteiger partial charge is 0.305 e. The molecule has 1 aromatic carbocycles. The first-order valence-electron chi connectivity index (χ1n) is 9.25. The lowest BCUT2D eigenvalue weighted by Gasteiger charge is -2.23. The van der Waals surface area contributed by atoms with Gasteiger partial charge in [0.15, 0.2) is 0 Å². The van der Waals surface area contributed by atoms with E-state index in [-0.39, 0.29) is 11.9 Å². The van der Waals surface area contributed by atoms with Crippen molar-refractivity contribution in [3.63, 3.8) is 0 Å². The highest BCUT2D eigenvalue weighted by Gasteiger charge is 2.27. The predicted octanol–water partition coefficient (Wildman–Crippen LogP) is 4.81. The summed E-state index contributed by atoms with van der Waals surface area (Å²) in [6.45, 7) is 4.19.